The van der Waals surface area contributed by atoms with Crippen molar-refractivity contribution in [3.8, 4) is 11.3 Å². The number of hydrogen-bond donors (Lipinski definition) is 1. The number of Topliss-reactive ketones (excluding diaryl/α,β-unsaturated/α-hetero) is 1. The summed E-state index contributed by atoms with van der Waals surface area (Å²) in [5, 5.41) is 3.03. The molecule has 24 heavy (non-hydrogen) atoms. The molecule has 1 N–H and O–H groups in total. The van der Waals surface area contributed by atoms with Crippen LogP contribution in [0, 0.1) is 6.92 Å². The first-order valence-electron chi connectivity index (χ1n) is 7.17. The summed E-state index contributed by atoms with van der Waals surface area (Å²) in [6, 6.07) is 5.29. The second-order valence-electron chi connectivity index (χ2n) is 5.17. The van der Waals surface area contributed by atoms with Gasteiger partial charge in [-0.3, -0.25) is 19.9 Å². The van der Waals surface area contributed by atoms with E-state index in [4.69, 9.17) is 4.42 Å². The monoisotopic (exact) mass is 342 g/mol. The molecule has 3 aromatic rings. The van der Waals surface area contributed by atoms with Crippen LogP contribution >= 0.6 is 11.5 Å². The van der Waals surface area contributed by atoms with Crippen LogP contribution in [-0.2, 0) is 11.2 Å². The zero-order valence-electron chi connectivity index (χ0n) is 13.1. The maximum atomic E-state index is 12.4. The van der Waals surface area contributed by atoms with Crippen molar-refractivity contribution in [1.82, 2.24) is 14.3 Å². The molecule has 0 aliphatic carbocycles. The fraction of sp³-hybridized carbons (Fsp3) is 0.188. The first kappa shape index (κ1) is 16.0. The molecule has 0 bridgehead atoms. The number of nitrogens with zero attached hydrogens (tertiary/aromatic N) is 3. The number of furan rings is 1. The average molecular weight is 342 g/mol. The van der Waals surface area contributed by atoms with Crippen LogP contribution in [-0.4, -0.2) is 26.0 Å². The van der Waals surface area contributed by atoms with Crippen LogP contribution in [0.2, 0.25) is 0 Å². The Morgan fingerprint density at radius 3 is 2.75 bits per heavy atom. The Labute approximate surface area is 141 Å². The summed E-state index contributed by atoms with van der Waals surface area (Å²) in [6.45, 7) is 3.19. The number of ketones is 1. The Hall–Kier alpha value is -2.87. The van der Waals surface area contributed by atoms with E-state index in [1.54, 1.807) is 37.5 Å². The van der Waals surface area contributed by atoms with Crippen LogP contribution in [0.25, 0.3) is 11.3 Å². The lowest BCUT2D eigenvalue weighted by Crippen LogP contribution is -2.12. The molecule has 7 nitrogen and oxygen atoms in total. The van der Waals surface area contributed by atoms with Gasteiger partial charge in [0.15, 0.2) is 5.82 Å². The normalized spacial score (nSPS) is 10.6. The summed E-state index contributed by atoms with van der Waals surface area (Å²) in [5.74, 6) is 1.15. The van der Waals surface area contributed by atoms with Gasteiger partial charge in [-0.25, -0.2) is 4.98 Å². The van der Waals surface area contributed by atoms with Crippen molar-refractivity contribution < 1.29 is 14.0 Å². The molecule has 3 heterocycles. The molecular formula is C16H14N4O3S. The number of carbonyl (C=O) groups is 2. The molecular weight excluding hydrogens is 328 g/mol. The number of carbonyl (C=O) groups excluding carboxylic acids is 2. The summed E-state index contributed by atoms with van der Waals surface area (Å²) in [5.41, 5.74) is 1.26. The van der Waals surface area contributed by atoms with Crippen LogP contribution in [0.3, 0.4) is 0 Å². The summed E-state index contributed by atoms with van der Waals surface area (Å²) < 4.78 is 9.69. The van der Waals surface area contributed by atoms with Crippen LogP contribution in [0.15, 0.2) is 35.0 Å². The van der Waals surface area contributed by atoms with Crippen molar-refractivity contribution in [3.05, 3.63) is 47.7 Å². The van der Waals surface area contributed by atoms with Gasteiger partial charge in [0.25, 0.3) is 5.91 Å². The Kier molecular flexibility index (Phi) is 4.48. The van der Waals surface area contributed by atoms with Gasteiger partial charge in [-0.05, 0) is 32.0 Å². The van der Waals surface area contributed by atoms with E-state index in [2.05, 4.69) is 19.7 Å². The molecule has 0 radical (unpaired) electrons. The fourth-order valence-corrected chi connectivity index (χ4v) is 2.71. The Morgan fingerprint density at radius 1 is 1.29 bits per heavy atom. The quantitative estimate of drug-likeness (QED) is 0.765. The minimum atomic E-state index is -0.331. The van der Waals surface area contributed by atoms with E-state index in [1.165, 1.54) is 6.92 Å². The van der Waals surface area contributed by atoms with Gasteiger partial charge >= 0.3 is 0 Å². The number of amides is 1. The van der Waals surface area contributed by atoms with Gasteiger partial charge in [-0.1, -0.05) is 0 Å². The fourth-order valence-electron chi connectivity index (χ4n) is 2.13. The van der Waals surface area contributed by atoms with E-state index in [-0.39, 0.29) is 18.1 Å². The minimum Gasteiger partial charge on any atom is -0.461 e. The van der Waals surface area contributed by atoms with Crippen LogP contribution < -0.4 is 5.32 Å². The predicted molar refractivity (Wildman–Crippen MR) is 88.9 cm³/mol. The molecule has 0 saturated heterocycles. The smallest absolute Gasteiger partial charge is 0.261 e. The van der Waals surface area contributed by atoms with Crippen molar-refractivity contribution in [3.63, 3.8) is 0 Å². The van der Waals surface area contributed by atoms with Gasteiger partial charge < -0.3 is 4.42 Å². The minimum absolute atomic E-state index is 0.0293. The number of aromatic nitrogens is 3. The molecule has 0 saturated carbocycles. The van der Waals surface area contributed by atoms with Gasteiger partial charge in [0.1, 0.15) is 17.3 Å². The largest absolute Gasteiger partial charge is 0.461 e. The molecule has 3 aromatic heterocycles. The van der Waals surface area contributed by atoms with Crippen molar-refractivity contribution in [2.45, 2.75) is 20.3 Å². The lowest BCUT2D eigenvalue weighted by atomic mass is 10.2. The second kappa shape index (κ2) is 6.71. The van der Waals surface area contributed by atoms with Crippen molar-refractivity contribution in [2.75, 3.05) is 5.32 Å². The third-order valence-corrected chi connectivity index (χ3v) is 3.89. The number of pyridine rings is 1. The van der Waals surface area contributed by atoms with E-state index >= 15 is 0 Å². The van der Waals surface area contributed by atoms with Crippen LogP contribution in [0.4, 0.5) is 5.13 Å². The highest BCUT2D eigenvalue weighted by atomic mass is 32.1. The molecule has 3 rings (SSSR count). The second-order valence-corrected chi connectivity index (χ2v) is 5.92. The molecule has 0 aromatic carbocycles. The highest BCUT2D eigenvalue weighted by Gasteiger charge is 2.18. The molecule has 1 amide bonds. The maximum Gasteiger partial charge on any atom is 0.261 e. The predicted octanol–water partition coefficient (Wildman–Crippen LogP) is 2.89. The molecule has 8 heteroatoms. The summed E-state index contributed by atoms with van der Waals surface area (Å²) >= 11 is 1.04. The standard InChI is InChI=1S/C16H14N4O3S/c1-9(21)7-14-18-16(24-20-14)19-15(22)12-8-13(23-10(12)2)11-3-5-17-6-4-11/h3-6,8H,7H2,1-2H3,(H,18,19,20,22). The van der Waals surface area contributed by atoms with E-state index in [0.717, 1.165) is 17.1 Å². The van der Waals surface area contributed by atoms with Gasteiger partial charge in [-0.2, -0.15) is 4.37 Å². The first-order valence-corrected chi connectivity index (χ1v) is 7.94. The number of hydrogen-bond acceptors (Lipinski definition) is 7. The van der Waals surface area contributed by atoms with E-state index in [9.17, 15) is 9.59 Å². The van der Waals surface area contributed by atoms with E-state index in [1.807, 2.05) is 0 Å². The van der Waals surface area contributed by atoms with E-state index < -0.39 is 0 Å². The molecule has 0 spiro atoms. The van der Waals surface area contributed by atoms with Crippen molar-refractivity contribution in [1.29, 1.82) is 0 Å². The van der Waals surface area contributed by atoms with Crippen molar-refractivity contribution in [2.24, 2.45) is 0 Å². The van der Waals surface area contributed by atoms with Gasteiger partial charge in [0.05, 0.1) is 12.0 Å². The lowest BCUT2D eigenvalue weighted by Gasteiger charge is -1.98. The third kappa shape index (κ3) is 3.54. The zero-order valence-corrected chi connectivity index (χ0v) is 13.9. The SMILES string of the molecule is CC(=O)Cc1nsc(NC(=O)c2cc(-c3ccncc3)oc2C)n1. The average Bonchev–Trinajstić information content (AvgIpc) is 3.14. The number of aryl methyl sites for hydroxylation is 1. The number of anilines is 1. The molecule has 0 unspecified atom stereocenters. The topological polar surface area (TPSA) is 98.0 Å². The number of nitrogens with one attached hydrogen (secondary N) is 1. The molecule has 0 aliphatic heterocycles. The Bertz CT molecular complexity index is 886. The Balaban J connectivity index is 1.77. The highest BCUT2D eigenvalue weighted by molar-refractivity contribution is 7.09. The Morgan fingerprint density at radius 2 is 2.04 bits per heavy atom. The van der Waals surface area contributed by atoms with Gasteiger partial charge in [0.2, 0.25) is 5.13 Å². The van der Waals surface area contributed by atoms with Gasteiger partial charge in [-0.15, -0.1) is 0 Å². The lowest BCUT2D eigenvalue weighted by molar-refractivity contribution is -0.116. The van der Waals surface area contributed by atoms with Crippen LogP contribution in [0.5, 0.6) is 0 Å². The van der Waals surface area contributed by atoms with Gasteiger partial charge in [0, 0.05) is 29.5 Å². The molecule has 0 aliphatic rings. The molecule has 0 fully saturated rings. The number of rotatable bonds is 5. The van der Waals surface area contributed by atoms with Crippen molar-refractivity contribution >= 4 is 28.4 Å². The molecule has 0 atom stereocenters. The maximum absolute atomic E-state index is 12.4. The molecule has 122 valence electrons. The summed E-state index contributed by atoms with van der Waals surface area (Å²) in [6.07, 6.45) is 3.47. The third-order valence-electron chi connectivity index (χ3n) is 3.22. The highest BCUT2D eigenvalue weighted by Crippen LogP contribution is 2.25. The first-order chi connectivity index (χ1) is 11.5. The summed E-state index contributed by atoms with van der Waals surface area (Å²) in [7, 11) is 0. The zero-order chi connectivity index (χ0) is 17.1. The van der Waals surface area contributed by atoms with Crippen LogP contribution in [0.1, 0.15) is 28.9 Å². The van der Waals surface area contributed by atoms with E-state index in [0.29, 0.717) is 28.0 Å². The summed E-state index contributed by atoms with van der Waals surface area (Å²) in [4.78, 5) is 31.5.